The first-order valence-electron chi connectivity index (χ1n) is 10.9. The zero-order valence-corrected chi connectivity index (χ0v) is 18.3. The maximum atomic E-state index is 15.2. The lowest BCUT2D eigenvalue weighted by Gasteiger charge is -2.08. The maximum absolute atomic E-state index is 15.2. The molecule has 0 aliphatic heterocycles. The van der Waals surface area contributed by atoms with Crippen LogP contribution >= 0.6 is 0 Å². The van der Waals surface area contributed by atoms with Gasteiger partial charge in [0.15, 0.2) is 0 Å². The molecule has 0 saturated carbocycles. The summed E-state index contributed by atoms with van der Waals surface area (Å²) in [5.41, 5.74) is 4.41. The van der Waals surface area contributed by atoms with E-state index in [1.807, 2.05) is 18.2 Å². The van der Waals surface area contributed by atoms with Crippen molar-refractivity contribution in [3.05, 3.63) is 96.9 Å². The summed E-state index contributed by atoms with van der Waals surface area (Å²) >= 11 is 0. The highest BCUT2D eigenvalue weighted by Gasteiger charge is 2.18. The Morgan fingerprint density at radius 3 is 2.63 bits per heavy atom. The van der Waals surface area contributed by atoms with E-state index < -0.39 is 5.82 Å². The van der Waals surface area contributed by atoms with Crippen LogP contribution in [0.3, 0.4) is 0 Å². The van der Waals surface area contributed by atoms with Gasteiger partial charge in [0.05, 0.1) is 30.1 Å². The van der Waals surface area contributed by atoms with Gasteiger partial charge in [0.2, 0.25) is 0 Å². The average Bonchev–Trinajstić information content (AvgIpc) is 3.55. The molecule has 0 saturated heterocycles. The van der Waals surface area contributed by atoms with Crippen molar-refractivity contribution in [1.29, 1.82) is 0 Å². The molecule has 6 rings (SSSR count). The Labute approximate surface area is 198 Å². The van der Waals surface area contributed by atoms with Gasteiger partial charge in [-0.2, -0.15) is 0 Å². The third-order valence-corrected chi connectivity index (χ3v) is 5.82. The van der Waals surface area contributed by atoms with Gasteiger partial charge in [0, 0.05) is 52.3 Å². The second-order valence-electron chi connectivity index (χ2n) is 7.98. The molecule has 5 aromatic heterocycles. The fraction of sp³-hybridized carbons (Fsp3) is 0.0385. The minimum atomic E-state index is -0.451. The number of benzene rings is 1. The molecule has 0 aliphatic carbocycles. The second-order valence-corrected chi connectivity index (χ2v) is 7.98. The van der Waals surface area contributed by atoms with E-state index in [0.717, 1.165) is 22.2 Å². The number of amides is 1. The van der Waals surface area contributed by atoms with Crippen LogP contribution in [-0.2, 0) is 6.54 Å². The van der Waals surface area contributed by atoms with Crippen molar-refractivity contribution < 1.29 is 9.18 Å². The van der Waals surface area contributed by atoms with Gasteiger partial charge in [0.1, 0.15) is 17.3 Å². The van der Waals surface area contributed by atoms with Gasteiger partial charge in [-0.3, -0.25) is 14.8 Å². The summed E-state index contributed by atoms with van der Waals surface area (Å²) in [6.07, 6.45) is 9.67. The van der Waals surface area contributed by atoms with E-state index in [1.54, 1.807) is 55.2 Å². The van der Waals surface area contributed by atoms with Crippen molar-refractivity contribution in [2.24, 2.45) is 0 Å². The average molecular weight is 463 g/mol. The molecule has 0 radical (unpaired) electrons. The van der Waals surface area contributed by atoms with E-state index in [-0.39, 0.29) is 12.5 Å². The number of H-pyrrole nitrogens is 2. The number of pyridine rings is 3. The van der Waals surface area contributed by atoms with E-state index >= 15 is 4.39 Å². The highest BCUT2D eigenvalue weighted by Crippen LogP contribution is 2.36. The van der Waals surface area contributed by atoms with Crippen LogP contribution in [0.15, 0.2) is 79.6 Å². The van der Waals surface area contributed by atoms with Crippen molar-refractivity contribution in [3.8, 4) is 22.4 Å². The van der Waals surface area contributed by atoms with Crippen molar-refractivity contribution in [1.82, 2.24) is 35.2 Å². The summed E-state index contributed by atoms with van der Waals surface area (Å²) in [4.78, 5) is 35.7. The number of rotatable bonds is 5. The molecule has 6 aromatic rings. The van der Waals surface area contributed by atoms with E-state index in [2.05, 4.69) is 35.2 Å². The number of hydrogen-bond donors (Lipinski definition) is 3. The largest absolute Gasteiger partial charge is 0.347 e. The number of hydrogen-bond acceptors (Lipinski definition) is 5. The van der Waals surface area contributed by atoms with E-state index in [9.17, 15) is 4.79 Å². The van der Waals surface area contributed by atoms with Crippen LogP contribution in [-0.4, -0.2) is 35.8 Å². The molecule has 0 fully saturated rings. The molecule has 5 heterocycles. The fourth-order valence-corrected chi connectivity index (χ4v) is 4.14. The zero-order chi connectivity index (χ0) is 23.8. The lowest BCUT2D eigenvalue weighted by atomic mass is 9.99. The molecule has 35 heavy (non-hydrogen) atoms. The van der Waals surface area contributed by atoms with Crippen molar-refractivity contribution in [2.75, 3.05) is 0 Å². The molecule has 8 nitrogen and oxygen atoms in total. The first kappa shape index (κ1) is 20.7. The number of imidazole rings is 1. The number of halogens is 1. The molecule has 170 valence electrons. The maximum Gasteiger partial charge on any atom is 0.251 e. The number of nitrogens with one attached hydrogen (secondary N) is 3. The van der Waals surface area contributed by atoms with Crippen LogP contribution in [0.2, 0.25) is 0 Å². The van der Waals surface area contributed by atoms with Gasteiger partial charge in [-0.1, -0.05) is 12.1 Å². The van der Waals surface area contributed by atoms with Crippen LogP contribution in [0.25, 0.3) is 44.3 Å². The second kappa shape index (κ2) is 8.45. The minimum absolute atomic E-state index is 0.243. The van der Waals surface area contributed by atoms with Gasteiger partial charge < -0.3 is 15.3 Å². The quantitative estimate of drug-likeness (QED) is 0.345. The normalized spacial score (nSPS) is 11.2. The van der Waals surface area contributed by atoms with Crippen molar-refractivity contribution in [2.45, 2.75) is 6.54 Å². The Balaban J connectivity index is 1.40. The Morgan fingerprint density at radius 2 is 1.86 bits per heavy atom. The Morgan fingerprint density at radius 1 is 0.971 bits per heavy atom. The highest BCUT2D eigenvalue weighted by atomic mass is 19.1. The molecule has 0 spiro atoms. The summed E-state index contributed by atoms with van der Waals surface area (Å²) in [6.45, 7) is 0.288. The van der Waals surface area contributed by atoms with Crippen LogP contribution in [0.4, 0.5) is 4.39 Å². The minimum Gasteiger partial charge on any atom is -0.347 e. The molecule has 9 heteroatoms. The van der Waals surface area contributed by atoms with Crippen LogP contribution in [0.1, 0.15) is 16.2 Å². The van der Waals surface area contributed by atoms with Crippen molar-refractivity contribution in [3.63, 3.8) is 0 Å². The first-order chi connectivity index (χ1) is 17.2. The molecule has 0 unspecified atom stereocenters. The Kier molecular flexibility index (Phi) is 4.99. The highest BCUT2D eigenvalue weighted by molar-refractivity contribution is 6.13. The number of nitrogens with zero attached hydrogens (tertiary/aromatic N) is 4. The van der Waals surface area contributed by atoms with Crippen LogP contribution in [0, 0.1) is 5.82 Å². The first-order valence-corrected chi connectivity index (χ1v) is 10.9. The SMILES string of the molecule is O=C(NCc1ncc[nH]1)c1ccc(-c2c(F)cnc3[nH]c4cnc(-c5cccnc5)cc4c23)cc1. The molecular weight excluding hydrogens is 445 g/mol. The number of aromatic nitrogens is 6. The molecule has 1 aromatic carbocycles. The zero-order valence-electron chi connectivity index (χ0n) is 18.3. The Hall–Kier alpha value is -4.92. The monoisotopic (exact) mass is 463 g/mol. The predicted molar refractivity (Wildman–Crippen MR) is 130 cm³/mol. The lowest BCUT2D eigenvalue weighted by Crippen LogP contribution is -2.23. The summed E-state index contributed by atoms with van der Waals surface area (Å²) in [7, 11) is 0. The summed E-state index contributed by atoms with van der Waals surface area (Å²) in [5.74, 6) is -0.0311. The third-order valence-electron chi connectivity index (χ3n) is 5.82. The standard InChI is InChI=1S/C26H18FN7O/c27-19-12-32-25-24(18-10-20(31-13-21(18)34-25)17-2-1-7-28-11-17)23(19)15-3-5-16(6-4-15)26(35)33-14-22-29-8-9-30-22/h1-13H,14H2,(H,29,30)(H,32,34)(H,33,35). The molecule has 0 aliphatic rings. The van der Waals surface area contributed by atoms with E-state index in [0.29, 0.717) is 33.5 Å². The fourth-order valence-electron chi connectivity index (χ4n) is 4.14. The number of carbonyl (C=O) groups is 1. The van der Waals surface area contributed by atoms with Gasteiger partial charge in [0.25, 0.3) is 5.91 Å². The number of carbonyl (C=O) groups excluding carboxylic acids is 1. The summed E-state index contributed by atoms with van der Waals surface area (Å²) in [6, 6.07) is 12.5. The summed E-state index contributed by atoms with van der Waals surface area (Å²) in [5, 5.41) is 4.27. The Bertz CT molecular complexity index is 1660. The third kappa shape index (κ3) is 3.78. The molecular formula is C26H18FN7O. The molecule has 0 atom stereocenters. The number of fused-ring (bicyclic) bond motifs is 3. The van der Waals surface area contributed by atoms with Crippen LogP contribution < -0.4 is 5.32 Å². The van der Waals surface area contributed by atoms with E-state index in [4.69, 9.17) is 0 Å². The molecule has 1 amide bonds. The van der Waals surface area contributed by atoms with E-state index in [1.165, 1.54) is 6.20 Å². The predicted octanol–water partition coefficient (Wildman–Crippen LogP) is 4.63. The van der Waals surface area contributed by atoms with Gasteiger partial charge >= 0.3 is 0 Å². The van der Waals surface area contributed by atoms with Gasteiger partial charge in [-0.25, -0.2) is 14.4 Å². The molecule has 3 N–H and O–H groups in total. The number of aromatic amines is 2. The molecule has 0 bridgehead atoms. The summed E-state index contributed by atoms with van der Waals surface area (Å²) < 4.78 is 15.2. The lowest BCUT2D eigenvalue weighted by molar-refractivity contribution is 0.0950. The van der Waals surface area contributed by atoms with Gasteiger partial charge in [-0.15, -0.1) is 0 Å². The van der Waals surface area contributed by atoms with Crippen molar-refractivity contribution >= 4 is 27.8 Å². The van der Waals surface area contributed by atoms with Crippen LogP contribution in [0.5, 0.6) is 0 Å². The van der Waals surface area contributed by atoms with Gasteiger partial charge in [-0.05, 0) is 35.9 Å². The smallest absolute Gasteiger partial charge is 0.251 e. The topological polar surface area (TPSA) is 112 Å².